The van der Waals surface area contributed by atoms with Gasteiger partial charge in [0.05, 0.1) is 6.57 Å². The molecule has 0 spiro atoms. The summed E-state index contributed by atoms with van der Waals surface area (Å²) >= 11 is 0. The third kappa shape index (κ3) is 1.71. The van der Waals surface area contributed by atoms with E-state index in [2.05, 4.69) is 10.2 Å². The van der Waals surface area contributed by atoms with Gasteiger partial charge in [-0.2, -0.15) is 0 Å². The van der Waals surface area contributed by atoms with Crippen molar-refractivity contribution in [2.75, 3.05) is 0 Å². The summed E-state index contributed by atoms with van der Waals surface area (Å²) in [5.74, 6) is 0. The van der Waals surface area contributed by atoms with E-state index in [9.17, 15) is 0 Å². The molecule has 1 rings (SSSR count). The third-order valence-electron chi connectivity index (χ3n) is 1.52. The fourth-order valence-corrected chi connectivity index (χ4v) is 0.927. The van der Waals surface area contributed by atoms with Crippen LogP contribution in [-0.2, 0) is 0 Å². The average Bonchev–Trinajstić information content (AvgIpc) is 2.09. The minimum atomic E-state index is 0.799. The van der Waals surface area contributed by atoms with E-state index in [1.54, 1.807) is 0 Å². The number of rotatable bonds is 1. The van der Waals surface area contributed by atoms with Crippen molar-refractivity contribution in [1.29, 1.82) is 0 Å². The van der Waals surface area contributed by atoms with E-state index in [1.165, 1.54) is 0 Å². The summed E-state index contributed by atoms with van der Waals surface area (Å²) in [7, 11) is 0. The summed E-state index contributed by atoms with van der Waals surface area (Å²) in [5, 5.41) is 2.92. The van der Waals surface area contributed by atoms with Crippen molar-refractivity contribution in [1.82, 2.24) is 5.32 Å². The Morgan fingerprint density at radius 3 is 2.64 bits per heavy atom. The predicted octanol–water partition coefficient (Wildman–Crippen LogP) is 2.20. The fraction of sp³-hybridized carbons (Fsp3) is 0.222. The van der Waals surface area contributed by atoms with Crippen molar-refractivity contribution in [3.05, 3.63) is 47.2 Å². The lowest BCUT2D eigenvalue weighted by Crippen LogP contribution is -1.97. The van der Waals surface area contributed by atoms with Crippen molar-refractivity contribution >= 4 is 0 Å². The van der Waals surface area contributed by atoms with Crippen molar-refractivity contribution < 1.29 is 0 Å². The second-order valence-corrected chi connectivity index (χ2v) is 2.20. The van der Waals surface area contributed by atoms with Crippen LogP contribution in [0.3, 0.4) is 0 Å². The Hall–Kier alpha value is -1.49. The smallest absolute Gasteiger partial charge is 0.172 e. The molecule has 2 heteroatoms. The molecule has 0 aromatic carbocycles. The van der Waals surface area contributed by atoms with Gasteiger partial charge in [0.2, 0.25) is 0 Å². The van der Waals surface area contributed by atoms with Crippen LogP contribution in [0.1, 0.15) is 13.3 Å². The lowest BCUT2D eigenvalue weighted by atomic mass is 10.1. The van der Waals surface area contributed by atoms with Gasteiger partial charge >= 0.3 is 0 Å². The maximum absolute atomic E-state index is 6.88. The van der Waals surface area contributed by atoms with Crippen molar-refractivity contribution in [3.8, 4) is 0 Å². The van der Waals surface area contributed by atoms with Crippen molar-refractivity contribution in [3.63, 3.8) is 0 Å². The van der Waals surface area contributed by atoms with Gasteiger partial charge in [-0.3, -0.25) is 0 Å². The molecule has 0 unspecified atom stereocenters. The van der Waals surface area contributed by atoms with Gasteiger partial charge < -0.3 is 5.32 Å². The van der Waals surface area contributed by atoms with Crippen molar-refractivity contribution in [2.24, 2.45) is 0 Å². The van der Waals surface area contributed by atoms with Gasteiger partial charge in [0.1, 0.15) is 0 Å². The number of hydrogen-bond donors (Lipinski definition) is 1. The molecule has 2 nitrogen and oxygen atoms in total. The van der Waals surface area contributed by atoms with Crippen LogP contribution in [0.2, 0.25) is 0 Å². The Labute approximate surface area is 66.7 Å². The Balaban J connectivity index is 2.93. The lowest BCUT2D eigenvalue weighted by Gasteiger charge is -2.03. The van der Waals surface area contributed by atoms with Crippen LogP contribution in [0.5, 0.6) is 0 Å². The van der Waals surface area contributed by atoms with Gasteiger partial charge in [-0.1, -0.05) is 6.92 Å². The zero-order chi connectivity index (χ0) is 8.10. The predicted molar refractivity (Wildman–Crippen MR) is 45.3 cm³/mol. The molecular weight excluding hydrogens is 136 g/mol. The Bertz CT molecular complexity index is 250. The Morgan fingerprint density at radius 1 is 1.55 bits per heavy atom. The first kappa shape index (κ1) is 7.62. The number of hydrogen-bond acceptors (Lipinski definition) is 1. The Kier molecular flexibility index (Phi) is 2.51. The van der Waals surface area contributed by atoms with Crippen molar-refractivity contribution in [2.45, 2.75) is 13.3 Å². The normalized spacial score (nSPS) is 14.0. The van der Waals surface area contributed by atoms with Crippen LogP contribution in [0.15, 0.2) is 35.8 Å². The van der Waals surface area contributed by atoms with Gasteiger partial charge in [-0.05, 0) is 36.5 Å². The highest BCUT2D eigenvalue weighted by Crippen LogP contribution is 2.14. The van der Waals surface area contributed by atoms with Gasteiger partial charge in [0, 0.05) is 0 Å². The lowest BCUT2D eigenvalue weighted by molar-refractivity contribution is 1.10. The van der Waals surface area contributed by atoms with Crippen LogP contribution in [0.4, 0.5) is 0 Å². The molecule has 0 aromatic heterocycles. The highest BCUT2D eigenvalue weighted by Gasteiger charge is 1.99. The summed E-state index contributed by atoms with van der Waals surface area (Å²) < 4.78 is 0. The molecule has 0 atom stereocenters. The quantitative estimate of drug-likeness (QED) is 0.561. The SMILES string of the molecule is [C-]#[N+]C(CC)=C1C=CNC=C1. The molecular formula is C9H10N2. The van der Waals surface area contributed by atoms with Crippen LogP contribution >= 0.6 is 0 Å². The number of nitrogens with zero attached hydrogens (tertiary/aromatic N) is 1. The molecule has 0 fully saturated rings. The molecule has 0 aromatic rings. The number of nitrogens with one attached hydrogen (secondary N) is 1. The fourth-order valence-electron chi connectivity index (χ4n) is 0.927. The van der Waals surface area contributed by atoms with Gasteiger partial charge in [0.25, 0.3) is 0 Å². The second kappa shape index (κ2) is 3.62. The summed E-state index contributed by atoms with van der Waals surface area (Å²) in [4.78, 5) is 3.43. The van der Waals surface area contributed by atoms with Crippen LogP contribution in [-0.4, -0.2) is 0 Å². The molecule has 0 saturated carbocycles. The number of allylic oxidation sites excluding steroid dienone is 4. The molecule has 11 heavy (non-hydrogen) atoms. The zero-order valence-corrected chi connectivity index (χ0v) is 6.46. The van der Waals surface area contributed by atoms with Crippen LogP contribution < -0.4 is 5.32 Å². The minimum Gasteiger partial charge on any atom is -0.368 e. The second-order valence-electron chi connectivity index (χ2n) is 2.20. The monoisotopic (exact) mass is 146 g/mol. The highest BCUT2D eigenvalue weighted by molar-refractivity contribution is 5.40. The third-order valence-corrected chi connectivity index (χ3v) is 1.52. The zero-order valence-electron chi connectivity index (χ0n) is 6.46. The van der Waals surface area contributed by atoms with E-state index in [1.807, 2.05) is 31.5 Å². The molecule has 1 aliphatic rings. The maximum atomic E-state index is 6.88. The molecule has 1 aliphatic heterocycles. The van der Waals surface area contributed by atoms with Crippen LogP contribution in [0.25, 0.3) is 4.85 Å². The van der Waals surface area contributed by atoms with Gasteiger partial charge in [-0.15, -0.1) is 0 Å². The molecule has 1 N–H and O–H groups in total. The number of dihydropyridines is 1. The summed E-state index contributed by atoms with van der Waals surface area (Å²) in [6, 6.07) is 0. The summed E-state index contributed by atoms with van der Waals surface area (Å²) in [5.41, 5.74) is 1.83. The van der Waals surface area contributed by atoms with E-state index >= 15 is 0 Å². The first-order chi connectivity index (χ1) is 5.38. The average molecular weight is 146 g/mol. The van der Waals surface area contributed by atoms with E-state index in [4.69, 9.17) is 6.57 Å². The molecule has 0 saturated heterocycles. The summed E-state index contributed by atoms with van der Waals surface area (Å²) in [6.45, 7) is 8.87. The molecule has 1 heterocycles. The topological polar surface area (TPSA) is 16.4 Å². The maximum Gasteiger partial charge on any atom is 0.172 e. The molecule has 0 bridgehead atoms. The summed E-state index contributed by atoms with van der Waals surface area (Å²) in [6.07, 6.45) is 8.29. The Morgan fingerprint density at radius 2 is 2.18 bits per heavy atom. The first-order valence-electron chi connectivity index (χ1n) is 3.58. The largest absolute Gasteiger partial charge is 0.368 e. The van der Waals surface area contributed by atoms with E-state index < -0.39 is 0 Å². The standard InChI is InChI=1S/C9H10N2/c1-3-9(10-2)8-4-6-11-7-5-8/h4-7,11H,3H2,1H3. The van der Waals surface area contributed by atoms with E-state index in [0.29, 0.717) is 0 Å². The van der Waals surface area contributed by atoms with Gasteiger partial charge in [0.15, 0.2) is 5.70 Å². The highest BCUT2D eigenvalue weighted by atomic mass is 14.8. The van der Waals surface area contributed by atoms with E-state index in [0.717, 1.165) is 17.7 Å². The molecule has 0 amide bonds. The van der Waals surface area contributed by atoms with Gasteiger partial charge in [-0.25, -0.2) is 4.85 Å². The molecule has 0 aliphatic carbocycles. The van der Waals surface area contributed by atoms with Crippen LogP contribution in [0, 0.1) is 6.57 Å². The molecule has 56 valence electrons. The molecule has 0 radical (unpaired) electrons. The van der Waals surface area contributed by atoms with E-state index in [-0.39, 0.29) is 0 Å². The first-order valence-corrected chi connectivity index (χ1v) is 3.58. The minimum absolute atomic E-state index is 0.799.